The number of hydrogen-bond donors (Lipinski definition) is 2. The minimum Gasteiger partial charge on any atom is -0.338 e. The fourth-order valence-electron chi connectivity index (χ4n) is 1.65. The van der Waals surface area contributed by atoms with Crippen molar-refractivity contribution >= 4 is 33.3 Å². The van der Waals surface area contributed by atoms with Gasteiger partial charge in [0, 0.05) is 11.5 Å². The molecule has 0 aromatic heterocycles. The molecule has 1 fully saturated rings. The van der Waals surface area contributed by atoms with Crippen molar-refractivity contribution < 1.29 is 0 Å². The van der Waals surface area contributed by atoms with Crippen molar-refractivity contribution in [3.05, 3.63) is 34.3 Å². The molecule has 1 heterocycles. The van der Waals surface area contributed by atoms with Crippen LogP contribution in [0.2, 0.25) is 0 Å². The van der Waals surface area contributed by atoms with Crippen molar-refractivity contribution in [2.24, 2.45) is 0 Å². The molecule has 1 saturated heterocycles. The van der Waals surface area contributed by atoms with Crippen LogP contribution in [0.1, 0.15) is 12.5 Å². The summed E-state index contributed by atoms with van der Waals surface area (Å²) < 4.78 is 1.06. The van der Waals surface area contributed by atoms with Crippen LogP contribution in [-0.4, -0.2) is 17.2 Å². The minimum atomic E-state index is -0.324. The number of rotatable bonds is 1. The van der Waals surface area contributed by atoms with Crippen molar-refractivity contribution in [1.29, 1.82) is 0 Å². The molecule has 0 radical (unpaired) electrons. The highest BCUT2D eigenvalue weighted by Crippen LogP contribution is 2.24. The molecule has 1 aromatic rings. The van der Waals surface area contributed by atoms with Gasteiger partial charge in [-0.3, -0.25) is 5.01 Å². The van der Waals surface area contributed by atoms with Crippen LogP contribution in [0.3, 0.4) is 0 Å². The van der Waals surface area contributed by atoms with Crippen molar-refractivity contribution in [2.45, 2.75) is 12.6 Å². The van der Waals surface area contributed by atoms with Crippen LogP contribution in [0, 0.1) is 0 Å². The molecule has 0 amide bonds. The first kappa shape index (κ1) is 10.9. The van der Waals surface area contributed by atoms with Gasteiger partial charge in [-0.2, -0.15) is 0 Å². The fraction of sp³-hybridized carbons (Fsp3) is 0.300. The summed E-state index contributed by atoms with van der Waals surface area (Å²) in [6.45, 7) is 2.06. The zero-order chi connectivity index (χ0) is 11.1. The Bertz CT molecular complexity index is 409. The van der Waals surface area contributed by atoms with E-state index in [1.807, 2.05) is 24.2 Å². The second-order valence-electron chi connectivity index (χ2n) is 3.74. The normalized spacial score (nSPS) is 25.5. The monoisotopic (exact) mass is 285 g/mol. The van der Waals surface area contributed by atoms with E-state index in [1.165, 1.54) is 0 Å². The Balaban J connectivity index is 2.35. The van der Waals surface area contributed by atoms with E-state index in [4.69, 9.17) is 12.2 Å². The average molecular weight is 286 g/mol. The van der Waals surface area contributed by atoms with Gasteiger partial charge < -0.3 is 5.32 Å². The predicted molar refractivity (Wildman–Crippen MR) is 68.1 cm³/mol. The summed E-state index contributed by atoms with van der Waals surface area (Å²) in [6, 6.07) is 8.15. The van der Waals surface area contributed by atoms with Crippen LogP contribution in [0.4, 0.5) is 0 Å². The van der Waals surface area contributed by atoms with Crippen LogP contribution < -0.4 is 10.7 Å². The molecule has 1 aliphatic rings. The number of hydrazine groups is 1. The van der Waals surface area contributed by atoms with Gasteiger partial charge in [0.1, 0.15) is 5.66 Å². The lowest BCUT2D eigenvalue weighted by Crippen LogP contribution is -2.44. The SMILES string of the molecule is CN1NC(C)(c2cccc(Br)c2)NC1=S. The largest absolute Gasteiger partial charge is 0.338 e. The van der Waals surface area contributed by atoms with Crippen molar-refractivity contribution in [1.82, 2.24) is 15.8 Å². The lowest BCUT2D eigenvalue weighted by atomic mass is 10.0. The molecule has 1 unspecified atom stereocenters. The Morgan fingerprint density at radius 1 is 1.47 bits per heavy atom. The number of hydrogen-bond acceptors (Lipinski definition) is 2. The Kier molecular flexibility index (Phi) is 2.70. The van der Waals surface area contributed by atoms with E-state index < -0.39 is 0 Å². The van der Waals surface area contributed by atoms with E-state index in [1.54, 1.807) is 0 Å². The van der Waals surface area contributed by atoms with Gasteiger partial charge >= 0.3 is 0 Å². The molecule has 0 bridgehead atoms. The maximum Gasteiger partial charge on any atom is 0.185 e. The van der Waals surface area contributed by atoms with Crippen LogP contribution in [-0.2, 0) is 5.66 Å². The summed E-state index contributed by atoms with van der Waals surface area (Å²) in [5.41, 5.74) is 4.10. The van der Waals surface area contributed by atoms with Gasteiger partial charge in [-0.05, 0) is 36.8 Å². The standard InChI is InChI=1S/C10H12BrN3S/c1-10(12-9(15)14(2)13-10)7-4-3-5-8(11)6-7/h3-6,13H,1-2H3,(H,12,15). The number of nitrogens with one attached hydrogen (secondary N) is 2. The Morgan fingerprint density at radius 3 is 2.73 bits per heavy atom. The third-order valence-electron chi connectivity index (χ3n) is 2.45. The molecule has 1 aliphatic heterocycles. The lowest BCUT2D eigenvalue weighted by Gasteiger charge is -2.25. The molecule has 0 saturated carbocycles. The van der Waals surface area contributed by atoms with E-state index in [-0.39, 0.29) is 5.66 Å². The van der Waals surface area contributed by atoms with E-state index in [0.717, 1.165) is 10.0 Å². The first-order valence-electron chi connectivity index (χ1n) is 4.61. The third kappa shape index (κ3) is 2.00. The van der Waals surface area contributed by atoms with Crippen LogP contribution in [0.15, 0.2) is 28.7 Å². The van der Waals surface area contributed by atoms with Gasteiger partial charge in [-0.1, -0.05) is 28.1 Å². The van der Waals surface area contributed by atoms with Gasteiger partial charge in [-0.15, -0.1) is 0 Å². The zero-order valence-corrected chi connectivity index (χ0v) is 10.9. The smallest absolute Gasteiger partial charge is 0.185 e. The lowest BCUT2D eigenvalue weighted by molar-refractivity contribution is 0.266. The summed E-state index contributed by atoms with van der Waals surface area (Å²) in [5, 5.41) is 5.77. The zero-order valence-electron chi connectivity index (χ0n) is 8.54. The van der Waals surface area contributed by atoms with Crippen molar-refractivity contribution in [3.8, 4) is 0 Å². The molecule has 1 atom stereocenters. The van der Waals surface area contributed by atoms with Crippen molar-refractivity contribution in [2.75, 3.05) is 7.05 Å². The number of halogens is 1. The highest BCUT2D eigenvalue weighted by molar-refractivity contribution is 9.10. The van der Waals surface area contributed by atoms with Crippen LogP contribution in [0.5, 0.6) is 0 Å². The number of nitrogens with zero attached hydrogens (tertiary/aromatic N) is 1. The predicted octanol–water partition coefficient (Wildman–Crippen LogP) is 1.95. The molecule has 1 aromatic carbocycles. The maximum atomic E-state index is 5.16. The topological polar surface area (TPSA) is 27.3 Å². The number of benzene rings is 1. The Hall–Kier alpha value is -0.650. The first-order valence-corrected chi connectivity index (χ1v) is 5.81. The molecule has 2 rings (SSSR count). The van der Waals surface area contributed by atoms with E-state index in [9.17, 15) is 0 Å². The highest BCUT2D eigenvalue weighted by atomic mass is 79.9. The summed E-state index contributed by atoms with van der Waals surface area (Å²) in [5.74, 6) is 0. The molecule has 15 heavy (non-hydrogen) atoms. The number of thiocarbonyl (C=S) groups is 1. The van der Waals surface area contributed by atoms with Gasteiger partial charge in [0.05, 0.1) is 0 Å². The van der Waals surface area contributed by atoms with Crippen molar-refractivity contribution in [3.63, 3.8) is 0 Å². The molecule has 80 valence electrons. The summed E-state index contributed by atoms with van der Waals surface area (Å²) >= 11 is 8.63. The van der Waals surface area contributed by atoms with Gasteiger partial charge in [0.25, 0.3) is 0 Å². The summed E-state index contributed by atoms with van der Waals surface area (Å²) in [6.07, 6.45) is 0. The fourth-order valence-corrected chi connectivity index (χ4v) is 2.30. The quantitative estimate of drug-likeness (QED) is 0.772. The molecule has 5 heteroatoms. The second kappa shape index (κ2) is 3.73. The third-order valence-corrected chi connectivity index (χ3v) is 3.32. The van der Waals surface area contributed by atoms with E-state index in [2.05, 4.69) is 45.7 Å². The van der Waals surface area contributed by atoms with Gasteiger partial charge in [0.2, 0.25) is 0 Å². The van der Waals surface area contributed by atoms with Crippen LogP contribution >= 0.6 is 28.1 Å². The van der Waals surface area contributed by atoms with Gasteiger partial charge in [-0.25, -0.2) is 5.43 Å². The van der Waals surface area contributed by atoms with E-state index in [0.29, 0.717) is 5.11 Å². The Labute approximate surface area is 103 Å². The molecule has 3 nitrogen and oxygen atoms in total. The molecule has 0 aliphatic carbocycles. The Morgan fingerprint density at radius 2 is 2.20 bits per heavy atom. The van der Waals surface area contributed by atoms with E-state index >= 15 is 0 Å². The highest BCUT2D eigenvalue weighted by Gasteiger charge is 2.35. The first-order chi connectivity index (χ1) is 7.01. The summed E-state index contributed by atoms with van der Waals surface area (Å²) in [4.78, 5) is 0. The average Bonchev–Trinajstić information content (AvgIpc) is 2.42. The molecular formula is C10H12BrN3S. The summed E-state index contributed by atoms with van der Waals surface area (Å²) in [7, 11) is 1.90. The molecule has 2 N–H and O–H groups in total. The van der Waals surface area contributed by atoms with Gasteiger partial charge in [0.15, 0.2) is 5.11 Å². The molecular weight excluding hydrogens is 274 g/mol. The van der Waals surface area contributed by atoms with Crippen LogP contribution in [0.25, 0.3) is 0 Å². The molecule has 0 spiro atoms. The minimum absolute atomic E-state index is 0.324. The second-order valence-corrected chi connectivity index (χ2v) is 5.04. The maximum absolute atomic E-state index is 5.16.